The van der Waals surface area contributed by atoms with Crippen molar-refractivity contribution in [3.05, 3.63) is 0 Å². The Bertz CT molecular complexity index is 402. The van der Waals surface area contributed by atoms with Gasteiger partial charge in [0.15, 0.2) is 24.5 Å². The summed E-state index contributed by atoms with van der Waals surface area (Å²) < 4.78 is 9.95. The lowest BCUT2D eigenvalue weighted by Crippen LogP contribution is -2.59. The summed E-state index contributed by atoms with van der Waals surface area (Å²) in [4.78, 5) is 22.1. The van der Waals surface area contributed by atoms with Crippen LogP contribution in [0.5, 0.6) is 0 Å². The Hall–Kier alpha value is -1.02. The fourth-order valence-corrected chi connectivity index (χ4v) is 2.00. The lowest BCUT2D eigenvalue weighted by Gasteiger charge is -2.38. The molecule has 0 aromatic carbocycles. The molecule has 0 spiro atoms. The highest BCUT2D eigenvalue weighted by molar-refractivity contribution is 5.88. The summed E-state index contributed by atoms with van der Waals surface area (Å²) in [6.07, 6.45) is -14.7. The van der Waals surface area contributed by atoms with Gasteiger partial charge in [-0.15, -0.1) is 0 Å². The Morgan fingerprint density at radius 3 is 2.26 bits per heavy atom. The number of aliphatic hydroxyl groups excluding tert-OH is 7. The van der Waals surface area contributed by atoms with E-state index in [0.717, 1.165) is 0 Å². The van der Waals surface area contributed by atoms with E-state index in [0.29, 0.717) is 0 Å². The summed E-state index contributed by atoms with van der Waals surface area (Å²) >= 11 is 0. The number of carbonyl (C=O) groups is 2. The third kappa shape index (κ3) is 4.50. The van der Waals surface area contributed by atoms with Gasteiger partial charge in [0.05, 0.1) is 13.2 Å². The highest BCUT2D eigenvalue weighted by Gasteiger charge is 2.46. The molecule has 134 valence electrons. The quantitative estimate of drug-likeness (QED) is 0.208. The SMILES string of the molecule is O=C[C@H](O)[C@H](O)[C@H](OC1O[C@@H](CO)[C@H](O)C(=O)[C@H]1O)[C@H](O)CO. The van der Waals surface area contributed by atoms with Gasteiger partial charge in [0.1, 0.15) is 36.6 Å². The second-order valence-electron chi connectivity index (χ2n) is 4.99. The highest BCUT2D eigenvalue weighted by Crippen LogP contribution is 2.22. The van der Waals surface area contributed by atoms with Crippen molar-refractivity contribution in [2.45, 2.75) is 49.0 Å². The Labute approximate surface area is 130 Å². The van der Waals surface area contributed by atoms with Gasteiger partial charge in [0.2, 0.25) is 0 Å². The number of aliphatic hydroxyl groups is 7. The van der Waals surface area contributed by atoms with Crippen LogP contribution in [0.25, 0.3) is 0 Å². The zero-order valence-corrected chi connectivity index (χ0v) is 11.9. The average Bonchev–Trinajstić information content (AvgIpc) is 2.57. The smallest absolute Gasteiger partial charge is 0.197 e. The number of ketones is 1. The van der Waals surface area contributed by atoms with Crippen molar-refractivity contribution in [1.29, 1.82) is 0 Å². The highest BCUT2D eigenvalue weighted by atomic mass is 16.7. The third-order valence-corrected chi connectivity index (χ3v) is 3.37. The van der Waals surface area contributed by atoms with Gasteiger partial charge in [0.25, 0.3) is 0 Å². The molecule has 1 aliphatic heterocycles. The number of aldehydes is 1. The Morgan fingerprint density at radius 2 is 1.78 bits per heavy atom. The summed E-state index contributed by atoms with van der Waals surface area (Å²) in [5.41, 5.74) is 0. The van der Waals surface area contributed by atoms with E-state index in [1.807, 2.05) is 0 Å². The van der Waals surface area contributed by atoms with Crippen molar-refractivity contribution in [3.63, 3.8) is 0 Å². The van der Waals surface area contributed by atoms with Crippen LogP contribution < -0.4 is 0 Å². The number of carbonyl (C=O) groups excluding carboxylic acids is 2. The van der Waals surface area contributed by atoms with E-state index in [1.165, 1.54) is 0 Å². The molecule has 0 aromatic heterocycles. The first-order valence-electron chi connectivity index (χ1n) is 6.70. The normalized spacial score (nSPS) is 33.8. The Balaban J connectivity index is 2.93. The average molecular weight is 340 g/mol. The fourth-order valence-electron chi connectivity index (χ4n) is 2.00. The van der Waals surface area contributed by atoms with Gasteiger partial charge in [-0.1, -0.05) is 0 Å². The van der Waals surface area contributed by atoms with Gasteiger partial charge in [-0.2, -0.15) is 0 Å². The fraction of sp³-hybridized carbons (Fsp3) is 0.833. The van der Waals surface area contributed by atoms with Gasteiger partial charge in [-0.25, -0.2) is 0 Å². The van der Waals surface area contributed by atoms with Gasteiger partial charge >= 0.3 is 0 Å². The molecule has 7 N–H and O–H groups in total. The summed E-state index contributed by atoms with van der Waals surface area (Å²) in [6.45, 7) is -1.72. The maximum atomic E-state index is 11.6. The topological polar surface area (TPSA) is 194 Å². The molecule has 1 rings (SSSR count). The number of rotatable bonds is 8. The van der Waals surface area contributed by atoms with E-state index in [9.17, 15) is 35.1 Å². The molecular formula is C12H20O11. The third-order valence-electron chi connectivity index (χ3n) is 3.37. The maximum absolute atomic E-state index is 11.6. The molecule has 0 aliphatic carbocycles. The molecule has 1 saturated heterocycles. The molecule has 1 fully saturated rings. The molecular weight excluding hydrogens is 320 g/mol. The van der Waals surface area contributed by atoms with Crippen LogP contribution in [0.4, 0.5) is 0 Å². The van der Waals surface area contributed by atoms with Crippen molar-refractivity contribution in [3.8, 4) is 0 Å². The molecule has 0 saturated carbocycles. The molecule has 23 heavy (non-hydrogen) atoms. The Kier molecular flexibility index (Phi) is 7.60. The van der Waals surface area contributed by atoms with E-state index in [2.05, 4.69) is 0 Å². The molecule has 0 aromatic rings. The van der Waals surface area contributed by atoms with E-state index in [1.54, 1.807) is 0 Å². The molecule has 8 atom stereocenters. The molecule has 11 nitrogen and oxygen atoms in total. The van der Waals surface area contributed by atoms with Crippen LogP contribution in [0, 0.1) is 0 Å². The summed E-state index contributed by atoms with van der Waals surface area (Å²) in [7, 11) is 0. The van der Waals surface area contributed by atoms with E-state index in [4.69, 9.17) is 19.7 Å². The first-order chi connectivity index (χ1) is 10.8. The molecule has 1 unspecified atom stereocenters. The number of ether oxygens (including phenoxy) is 2. The van der Waals surface area contributed by atoms with E-state index >= 15 is 0 Å². The second kappa shape index (κ2) is 8.73. The lowest BCUT2D eigenvalue weighted by atomic mass is 10.00. The van der Waals surface area contributed by atoms with Gasteiger partial charge in [-0.3, -0.25) is 4.79 Å². The van der Waals surface area contributed by atoms with Crippen molar-refractivity contribution in [2.75, 3.05) is 13.2 Å². The Morgan fingerprint density at radius 1 is 1.17 bits per heavy atom. The first-order valence-corrected chi connectivity index (χ1v) is 6.70. The van der Waals surface area contributed by atoms with Crippen molar-refractivity contribution in [1.82, 2.24) is 0 Å². The van der Waals surface area contributed by atoms with Crippen LogP contribution in [-0.4, -0.2) is 110 Å². The summed E-state index contributed by atoms with van der Waals surface area (Å²) in [5.74, 6) is -1.12. The molecule has 0 bridgehead atoms. The standard InChI is InChI=1S/C12H20O11/c13-1-4(16)7(18)11(5(17)2-14)23-12-10(21)9(20)8(19)6(3-15)22-12/h1,4-8,10-12,14-19,21H,2-3H2/t4-,5+,6-,7-,8-,10+,11+,12?/m0/s1. The van der Waals surface area contributed by atoms with Crippen LogP contribution in [0.2, 0.25) is 0 Å². The zero-order valence-electron chi connectivity index (χ0n) is 11.9. The monoisotopic (exact) mass is 340 g/mol. The summed E-state index contributed by atoms with van der Waals surface area (Å²) in [5, 5.41) is 65.8. The van der Waals surface area contributed by atoms with Gasteiger partial charge < -0.3 is 50.0 Å². The predicted molar refractivity (Wildman–Crippen MR) is 68.8 cm³/mol. The predicted octanol–water partition coefficient (Wildman–Crippen LogP) is -5.35. The first kappa shape index (κ1) is 20.0. The summed E-state index contributed by atoms with van der Waals surface area (Å²) in [6, 6.07) is 0. The lowest BCUT2D eigenvalue weighted by molar-refractivity contribution is -0.290. The van der Waals surface area contributed by atoms with Crippen LogP contribution >= 0.6 is 0 Å². The molecule has 0 radical (unpaired) electrons. The van der Waals surface area contributed by atoms with Crippen molar-refractivity contribution >= 4 is 12.1 Å². The minimum absolute atomic E-state index is 0.0469. The number of Topliss-reactive ketones (excluding diaryl/α,β-unsaturated/α-hetero) is 1. The number of hydrogen-bond donors (Lipinski definition) is 7. The van der Waals surface area contributed by atoms with E-state index < -0.39 is 68.0 Å². The van der Waals surface area contributed by atoms with Crippen LogP contribution in [0.15, 0.2) is 0 Å². The molecule has 1 aliphatic rings. The van der Waals surface area contributed by atoms with Crippen LogP contribution in [0.3, 0.4) is 0 Å². The van der Waals surface area contributed by atoms with Crippen molar-refractivity contribution < 1.29 is 54.8 Å². The van der Waals surface area contributed by atoms with Crippen LogP contribution in [0.1, 0.15) is 0 Å². The minimum Gasteiger partial charge on any atom is -0.394 e. The molecule has 11 heteroatoms. The second-order valence-corrected chi connectivity index (χ2v) is 4.99. The minimum atomic E-state index is -2.01. The van der Waals surface area contributed by atoms with Gasteiger partial charge in [0, 0.05) is 0 Å². The van der Waals surface area contributed by atoms with Crippen LogP contribution in [-0.2, 0) is 19.1 Å². The molecule has 1 heterocycles. The van der Waals surface area contributed by atoms with E-state index in [-0.39, 0.29) is 6.29 Å². The zero-order chi connectivity index (χ0) is 17.7. The maximum Gasteiger partial charge on any atom is 0.197 e. The molecule has 0 amide bonds. The van der Waals surface area contributed by atoms with Gasteiger partial charge in [-0.05, 0) is 0 Å². The largest absolute Gasteiger partial charge is 0.394 e. The van der Waals surface area contributed by atoms with Crippen molar-refractivity contribution in [2.24, 2.45) is 0 Å². The number of hydrogen-bond acceptors (Lipinski definition) is 11.